The van der Waals surface area contributed by atoms with Crippen molar-refractivity contribution in [2.75, 3.05) is 13.2 Å². The van der Waals surface area contributed by atoms with Gasteiger partial charge < -0.3 is 18.6 Å². The summed E-state index contributed by atoms with van der Waals surface area (Å²) in [6.07, 6.45) is 12.0. The first kappa shape index (κ1) is 29.7. The van der Waals surface area contributed by atoms with E-state index < -0.39 is 11.6 Å². The van der Waals surface area contributed by atoms with Gasteiger partial charge in [0.15, 0.2) is 17.1 Å². The van der Waals surface area contributed by atoms with E-state index in [0.29, 0.717) is 17.7 Å². The monoisotopic (exact) mass is 508 g/mol. The third-order valence-electron chi connectivity index (χ3n) is 5.57. The number of rotatable bonds is 13. The fourth-order valence-corrected chi connectivity index (χ4v) is 3.56. The van der Waals surface area contributed by atoms with E-state index in [0.717, 1.165) is 31.3 Å². The van der Waals surface area contributed by atoms with Crippen molar-refractivity contribution in [3.8, 4) is 17.2 Å². The van der Waals surface area contributed by atoms with Crippen LogP contribution in [0, 0.1) is 0 Å². The first-order valence-electron chi connectivity index (χ1n) is 12.7. The van der Waals surface area contributed by atoms with Crippen molar-refractivity contribution >= 4 is 16.9 Å². The second-order valence-corrected chi connectivity index (χ2v) is 9.64. The summed E-state index contributed by atoms with van der Waals surface area (Å²) in [6.45, 7) is 14.1. The fourth-order valence-electron chi connectivity index (χ4n) is 3.56. The second-order valence-electron chi connectivity index (χ2n) is 9.64. The van der Waals surface area contributed by atoms with E-state index in [1.165, 1.54) is 23.6 Å². The van der Waals surface area contributed by atoms with Crippen LogP contribution < -0.4 is 19.8 Å². The van der Waals surface area contributed by atoms with Gasteiger partial charge in [-0.2, -0.15) is 0 Å². The minimum Gasteiger partial charge on any atom is -0.486 e. The zero-order chi connectivity index (χ0) is 27.4. The van der Waals surface area contributed by atoms with Crippen molar-refractivity contribution in [3.63, 3.8) is 0 Å². The molecule has 6 heteroatoms. The first-order valence-corrected chi connectivity index (χ1v) is 12.7. The number of hydrogen-bond donors (Lipinski definition) is 0. The van der Waals surface area contributed by atoms with E-state index in [4.69, 9.17) is 18.6 Å². The van der Waals surface area contributed by atoms with Crippen LogP contribution in [0.1, 0.15) is 74.1 Å². The summed E-state index contributed by atoms with van der Waals surface area (Å²) < 4.78 is 22.7. The lowest BCUT2D eigenvalue weighted by Gasteiger charge is -2.13. The molecule has 0 fully saturated rings. The van der Waals surface area contributed by atoms with Gasteiger partial charge in [-0.3, -0.25) is 4.79 Å². The summed E-state index contributed by atoms with van der Waals surface area (Å²) in [5.41, 5.74) is 4.39. The number of ether oxygens (including phenoxy) is 3. The fraction of sp³-hybridized carbons (Fsp3) is 0.419. The molecule has 0 aliphatic rings. The number of para-hydroxylation sites is 1. The summed E-state index contributed by atoms with van der Waals surface area (Å²) in [5.74, 6) is -0.277. The van der Waals surface area contributed by atoms with Gasteiger partial charge in [0.2, 0.25) is 5.75 Å². The number of allylic oxidation sites excluding steroid dienone is 6. The molecule has 0 saturated carbocycles. The Morgan fingerprint density at radius 2 is 1.35 bits per heavy atom. The van der Waals surface area contributed by atoms with E-state index in [9.17, 15) is 9.59 Å². The molecule has 2 rings (SSSR count). The molecule has 0 aliphatic carbocycles. The van der Waals surface area contributed by atoms with Gasteiger partial charge in [0, 0.05) is 6.92 Å². The summed E-state index contributed by atoms with van der Waals surface area (Å²) in [4.78, 5) is 24.7. The highest BCUT2D eigenvalue weighted by Gasteiger charge is 2.21. The molecule has 0 unspecified atom stereocenters. The molecule has 0 spiro atoms. The number of fused-ring (bicyclic) bond motifs is 1. The molecule has 2 aromatic rings. The Balaban J connectivity index is 2.26. The number of esters is 1. The maximum atomic E-state index is 12.9. The quantitative estimate of drug-likeness (QED) is 0.156. The van der Waals surface area contributed by atoms with Crippen molar-refractivity contribution in [1.29, 1.82) is 0 Å². The van der Waals surface area contributed by atoms with Crippen LogP contribution >= 0.6 is 0 Å². The van der Waals surface area contributed by atoms with Gasteiger partial charge in [-0.1, -0.05) is 40.5 Å². The Morgan fingerprint density at radius 1 is 0.784 bits per heavy atom. The highest BCUT2D eigenvalue weighted by molar-refractivity contribution is 5.91. The van der Waals surface area contributed by atoms with Crippen LogP contribution in [0.25, 0.3) is 11.0 Å². The molecule has 0 radical (unpaired) electrons. The Morgan fingerprint density at radius 3 is 1.89 bits per heavy atom. The van der Waals surface area contributed by atoms with Crippen LogP contribution in [0.3, 0.4) is 0 Å². The second kappa shape index (κ2) is 14.9. The molecule has 0 amide bonds. The summed E-state index contributed by atoms with van der Waals surface area (Å²) in [7, 11) is 0. The Hall–Kier alpha value is -3.54. The van der Waals surface area contributed by atoms with Crippen molar-refractivity contribution in [1.82, 2.24) is 0 Å². The number of carbonyl (C=O) groups excluding carboxylic acids is 1. The van der Waals surface area contributed by atoms with Gasteiger partial charge in [0.05, 0.1) is 5.39 Å². The van der Waals surface area contributed by atoms with Gasteiger partial charge in [-0.15, -0.1) is 0 Å². The van der Waals surface area contributed by atoms with Crippen LogP contribution in [-0.2, 0) is 4.79 Å². The van der Waals surface area contributed by atoms with Crippen LogP contribution in [0.2, 0.25) is 0 Å². The van der Waals surface area contributed by atoms with Crippen molar-refractivity contribution in [3.05, 3.63) is 75.2 Å². The first-order chi connectivity index (χ1) is 17.6. The van der Waals surface area contributed by atoms with Crippen molar-refractivity contribution < 1.29 is 23.4 Å². The van der Waals surface area contributed by atoms with Gasteiger partial charge in [-0.05, 0) is 91.5 Å². The third-order valence-corrected chi connectivity index (χ3v) is 5.57. The molecule has 37 heavy (non-hydrogen) atoms. The number of hydrogen-bond acceptors (Lipinski definition) is 6. The molecule has 0 aliphatic heterocycles. The smallest absolute Gasteiger partial charge is 0.383 e. The topological polar surface area (TPSA) is 75.0 Å². The average Bonchev–Trinajstić information content (AvgIpc) is 2.80. The molecule has 1 heterocycles. The zero-order valence-electron chi connectivity index (χ0n) is 23.2. The van der Waals surface area contributed by atoms with Gasteiger partial charge in [-0.25, -0.2) is 4.79 Å². The average molecular weight is 509 g/mol. The Bertz CT molecular complexity index is 1250. The molecule has 0 saturated heterocycles. The molecule has 1 aromatic heterocycles. The maximum absolute atomic E-state index is 12.9. The van der Waals surface area contributed by atoms with E-state index in [-0.39, 0.29) is 23.7 Å². The normalized spacial score (nSPS) is 11.8. The Kier molecular flexibility index (Phi) is 11.9. The molecule has 6 nitrogen and oxygen atoms in total. The molecule has 200 valence electrons. The largest absolute Gasteiger partial charge is 0.486 e. The summed E-state index contributed by atoms with van der Waals surface area (Å²) in [6, 6.07) is 5.18. The third kappa shape index (κ3) is 10.2. The lowest BCUT2D eigenvalue weighted by atomic mass is 10.1. The van der Waals surface area contributed by atoms with E-state index in [2.05, 4.69) is 46.8 Å². The number of carbonyl (C=O) groups is 1. The van der Waals surface area contributed by atoms with Gasteiger partial charge >= 0.3 is 11.6 Å². The minimum atomic E-state index is -0.733. The molecule has 1 aromatic carbocycles. The zero-order valence-corrected chi connectivity index (χ0v) is 23.2. The van der Waals surface area contributed by atoms with Crippen LogP contribution in [0.15, 0.2) is 74.0 Å². The molecule has 0 N–H and O–H groups in total. The lowest BCUT2D eigenvalue weighted by molar-refractivity contribution is -0.131. The number of benzene rings is 1. The lowest BCUT2D eigenvalue weighted by Crippen LogP contribution is -2.13. The predicted molar refractivity (Wildman–Crippen MR) is 150 cm³/mol. The van der Waals surface area contributed by atoms with E-state index in [1.54, 1.807) is 18.2 Å². The standard InChI is InChI=1S/C31H40O6/c1-21(2)11-8-13-23(5)17-19-34-27-16-10-15-26-28(27)37-31(33)30(29(26)36-25(7)32)35-20-18-24(6)14-9-12-22(3)4/h10-12,15-18H,8-9,13-14,19-20H2,1-7H3/b23-17+,24-18+. The summed E-state index contributed by atoms with van der Waals surface area (Å²) in [5, 5.41) is 0.427. The van der Waals surface area contributed by atoms with Crippen molar-refractivity contribution in [2.45, 2.75) is 74.1 Å². The molecular weight excluding hydrogens is 468 g/mol. The molecular formula is C31H40O6. The maximum Gasteiger partial charge on any atom is 0.383 e. The van der Waals surface area contributed by atoms with Crippen LogP contribution in [0.4, 0.5) is 0 Å². The molecule has 0 atom stereocenters. The minimum absolute atomic E-state index is 0.0354. The van der Waals surface area contributed by atoms with Crippen LogP contribution in [0.5, 0.6) is 17.2 Å². The Labute approximate surface area is 220 Å². The van der Waals surface area contributed by atoms with E-state index in [1.807, 2.05) is 19.1 Å². The van der Waals surface area contributed by atoms with Crippen molar-refractivity contribution in [2.24, 2.45) is 0 Å². The SMILES string of the molecule is CC(=O)Oc1c(OC/C=C(\C)CCC=C(C)C)c(=O)oc2c(OC/C=C(\C)CCC=C(C)C)cccc12. The molecule has 0 bridgehead atoms. The van der Waals surface area contributed by atoms with Crippen LogP contribution in [-0.4, -0.2) is 19.2 Å². The predicted octanol–water partition coefficient (Wildman–Crippen LogP) is 7.86. The van der Waals surface area contributed by atoms with Gasteiger partial charge in [0.25, 0.3) is 0 Å². The van der Waals surface area contributed by atoms with Gasteiger partial charge in [0.1, 0.15) is 13.2 Å². The van der Waals surface area contributed by atoms with E-state index >= 15 is 0 Å². The highest BCUT2D eigenvalue weighted by atomic mass is 16.6. The highest BCUT2D eigenvalue weighted by Crippen LogP contribution is 2.37. The summed E-state index contributed by atoms with van der Waals surface area (Å²) >= 11 is 0.